The third-order valence-electron chi connectivity index (χ3n) is 3.89. The van der Waals surface area contributed by atoms with Gasteiger partial charge < -0.3 is 19.9 Å². The zero-order valence-electron chi connectivity index (χ0n) is 14.4. The molecule has 3 heterocycles. The maximum Gasteiger partial charge on any atom is 0.317 e. The van der Waals surface area contributed by atoms with Crippen LogP contribution in [0, 0.1) is 0 Å². The van der Waals surface area contributed by atoms with Crippen LogP contribution in [0.1, 0.15) is 17.5 Å². The molecule has 1 saturated heterocycles. The molecule has 3 rings (SSSR count). The monoisotopic (exact) mass is 362 g/mol. The second kappa shape index (κ2) is 8.21. The van der Waals surface area contributed by atoms with Crippen molar-refractivity contribution >= 4 is 23.3 Å². The van der Waals surface area contributed by atoms with Gasteiger partial charge in [0.15, 0.2) is 0 Å². The van der Waals surface area contributed by atoms with Crippen molar-refractivity contribution in [1.29, 1.82) is 0 Å². The Morgan fingerprint density at radius 3 is 3.12 bits per heavy atom. The highest BCUT2D eigenvalue weighted by Crippen LogP contribution is 2.21. The van der Waals surface area contributed by atoms with Gasteiger partial charge in [0.2, 0.25) is 5.95 Å². The lowest BCUT2D eigenvalue weighted by atomic mass is 10.2. The highest BCUT2D eigenvalue weighted by atomic mass is 32.1. The zero-order chi connectivity index (χ0) is 17.6. The number of rotatable bonds is 5. The maximum absolute atomic E-state index is 12.4. The molecule has 1 aliphatic rings. The number of urea groups is 1. The first-order valence-electron chi connectivity index (χ1n) is 8.15. The van der Waals surface area contributed by atoms with Crippen molar-refractivity contribution in [3.05, 3.63) is 34.5 Å². The van der Waals surface area contributed by atoms with Gasteiger partial charge in [0.1, 0.15) is 6.10 Å². The lowest BCUT2D eigenvalue weighted by Crippen LogP contribution is -2.47. The molecule has 0 aromatic carbocycles. The Labute approximate surface area is 150 Å². The van der Waals surface area contributed by atoms with Crippen LogP contribution >= 0.6 is 11.3 Å². The van der Waals surface area contributed by atoms with Crippen LogP contribution in [0.3, 0.4) is 0 Å². The molecule has 0 radical (unpaired) electrons. The van der Waals surface area contributed by atoms with Crippen molar-refractivity contribution in [3.63, 3.8) is 0 Å². The van der Waals surface area contributed by atoms with Gasteiger partial charge >= 0.3 is 6.03 Å². The fourth-order valence-electron chi connectivity index (χ4n) is 2.54. The summed E-state index contributed by atoms with van der Waals surface area (Å²) in [5.41, 5.74) is 3.59. The normalized spacial score (nSPS) is 17.4. The van der Waals surface area contributed by atoms with E-state index >= 15 is 0 Å². The molecule has 0 aliphatic carbocycles. The lowest BCUT2D eigenvalue weighted by molar-refractivity contribution is -0.0175. The SMILES string of the molecule is CN(C)c1nccc(C2CN(C(=O)NCCc3cscn3)CCO2)n1. The second-order valence-electron chi connectivity index (χ2n) is 5.94. The van der Waals surface area contributed by atoms with E-state index in [0.29, 0.717) is 32.2 Å². The largest absolute Gasteiger partial charge is 0.368 e. The van der Waals surface area contributed by atoms with Gasteiger partial charge in [-0.15, -0.1) is 11.3 Å². The van der Waals surface area contributed by atoms with E-state index in [1.54, 1.807) is 27.9 Å². The van der Waals surface area contributed by atoms with Crippen LogP contribution in [0.4, 0.5) is 10.7 Å². The number of aromatic nitrogens is 3. The number of amides is 2. The van der Waals surface area contributed by atoms with E-state index in [9.17, 15) is 4.79 Å². The van der Waals surface area contributed by atoms with Gasteiger partial charge in [0.05, 0.1) is 30.1 Å². The number of anilines is 1. The Balaban J connectivity index is 1.55. The number of nitrogens with one attached hydrogen (secondary N) is 1. The summed E-state index contributed by atoms with van der Waals surface area (Å²) in [5, 5.41) is 4.94. The molecular formula is C16H22N6O2S. The molecule has 1 aliphatic heterocycles. The van der Waals surface area contributed by atoms with E-state index in [1.165, 1.54) is 0 Å². The molecule has 1 unspecified atom stereocenters. The number of carbonyl (C=O) groups excluding carboxylic acids is 1. The molecule has 25 heavy (non-hydrogen) atoms. The minimum atomic E-state index is -0.236. The van der Waals surface area contributed by atoms with Gasteiger partial charge in [0, 0.05) is 45.2 Å². The minimum absolute atomic E-state index is 0.0783. The fraction of sp³-hybridized carbons (Fsp3) is 0.500. The lowest BCUT2D eigenvalue weighted by Gasteiger charge is -2.32. The number of ether oxygens (including phenoxy) is 1. The highest BCUT2D eigenvalue weighted by Gasteiger charge is 2.26. The molecule has 8 nitrogen and oxygen atoms in total. The molecule has 2 aromatic rings. The second-order valence-corrected chi connectivity index (χ2v) is 6.66. The van der Waals surface area contributed by atoms with Gasteiger partial charge in [-0.25, -0.2) is 19.7 Å². The molecule has 0 saturated carbocycles. The zero-order valence-corrected chi connectivity index (χ0v) is 15.2. The number of carbonyl (C=O) groups is 1. The molecule has 1 fully saturated rings. The molecule has 1 atom stereocenters. The standard InChI is InChI=1S/C16H22N6O2S/c1-21(2)15-17-6-4-13(20-15)14-9-22(7-8-24-14)16(23)18-5-3-12-10-25-11-19-12/h4,6,10-11,14H,3,5,7-9H2,1-2H3,(H,18,23). The molecule has 1 N–H and O–H groups in total. The van der Waals surface area contributed by atoms with Gasteiger partial charge in [-0.3, -0.25) is 0 Å². The van der Waals surface area contributed by atoms with Crippen LogP contribution in [0.15, 0.2) is 23.2 Å². The van der Waals surface area contributed by atoms with E-state index in [0.717, 1.165) is 17.8 Å². The predicted octanol–water partition coefficient (Wildman–Crippen LogP) is 1.32. The Morgan fingerprint density at radius 2 is 2.36 bits per heavy atom. The Kier molecular flexibility index (Phi) is 5.77. The molecule has 0 bridgehead atoms. The minimum Gasteiger partial charge on any atom is -0.368 e. The number of hydrogen-bond donors (Lipinski definition) is 1. The molecule has 9 heteroatoms. The summed E-state index contributed by atoms with van der Waals surface area (Å²) in [6, 6.07) is 1.76. The molecule has 2 amide bonds. The first-order valence-corrected chi connectivity index (χ1v) is 9.09. The summed E-state index contributed by atoms with van der Waals surface area (Å²) in [6.45, 7) is 2.12. The van der Waals surface area contributed by atoms with Crippen LogP contribution in [0.5, 0.6) is 0 Å². The van der Waals surface area contributed by atoms with Crippen molar-refractivity contribution in [2.24, 2.45) is 0 Å². The van der Waals surface area contributed by atoms with E-state index in [2.05, 4.69) is 20.3 Å². The average Bonchev–Trinajstić information content (AvgIpc) is 3.15. The van der Waals surface area contributed by atoms with Crippen molar-refractivity contribution in [2.75, 3.05) is 45.2 Å². The number of hydrogen-bond acceptors (Lipinski definition) is 7. The smallest absolute Gasteiger partial charge is 0.317 e. The molecule has 2 aromatic heterocycles. The summed E-state index contributed by atoms with van der Waals surface area (Å²) >= 11 is 1.56. The summed E-state index contributed by atoms with van der Waals surface area (Å²) < 4.78 is 5.80. The van der Waals surface area contributed by atoms with Crippen LogP contribution < -0.4 is 10.2 Å². The van der Waals surface area contributed by atoms with Crippen LogP contribution in [-0.2, 0) is 11.2 Å². The topological polar surface area (TPSA) is 83.5 Å². The molecule has 134 valence electrons. The summed E-state index contributed by atoms with van der Waals surface area (Å²) in [6.07, 6.45) is 2.22. The number of nitrogens with zero attached hydrogens (tertiary/aromatic N) is 5. The van der Waals surface area contributed by atoms with Crippen LogP contribution in [-0.4, -0.2) is 66.2 Å². The summed E-state index contributed by atoms with van der Waals surface area (Å²) in [4.78, 5) is 28.9. The maximum atomic E-state index is 12.4. The third kappa shape index (κ3) is 4.64. The van der Waals surface area contributed by atoms with E-state index in [1.807, 2.05) is 30.4 Å². The van der Waals surface area contributed by atoms with Crippen LogP contribution in [0.25, 0.3) is 0 Å². The van der Waals surface area contributed by atoms with E-state index in [-0.39, 0.29) is 12.1 Å². The summed E-state index contributed by atoms with van der Waals surface area (Å²) in [5.74, 6) is 0.630. The van der Waals surface area contributed by atoms with Crippen molar-refractivity contribution in [2.45, 2.75) is 12.5 Å². The van der Waals surface area contributed by atoms with Crippen molar-refractivity contribution in [1.82, 2.24) is 25.2 Å². The quantitative estimate of drug-likeness (QED) is 0.864. The fourth-order valence-corrected chi connectivity index (χ4v) is 3.13. The third-order valence-corrected chi connectivity index (χ3v) is 4.52. The van der Waals surface area contributed by atoms with E-state index < -0.39 is 0 Å². The van der Waals surface area contributed by atoms with Crippen molar-refractivity contribution < 1.29 is 9.53 Å². The molecular weight excluding hydrogens is 340 g/mol. The number of morpholine rings is 1. The highest BCUT2D eigenvalue weighted by molar-refractivity contribution is 7.07. The molecule has 0 spiro atoms. The van der Waals surface area contributed by atoms with Gasteiger partial charge in [-0.1, -0.05) is 0 Å². The Hall–Kier alpha value is -2.26. The first kappa shape index (κ1) is 17.6. The predicted molar refractivity (Wildman–Crippen MR) is 95.8 cm³/mol. The summed E-state index contributed by atoms with van der Waals surface area (Å²) in [7, 11) is 3.78. The number of thiazole rings is 1. The first-order chi connectivity index (χ1) is 12.1. The van der Waals surface area contributed by atoms with Gasteiger partial charge in [-0.05, 0) is 6.07 Å². The van der Waals surface area contributed by atoms with E-state index in [4.69, 9.17) is 4.74 Å². The van der Waals surface area contributed by atoms with Crippen molar-refractivity contribution in [3.8, 4) is 0 Å². The average molecular weight is 362 g/mol. The van der Waals surface area contributed by atoms with Gasteiger partial charge in [0.25, 0.3) is 0 Å². The Morgan fingerprint density at radius 1 is 1.48 bits per heavy atom. The van der Waals surface area contributed by atoms with Gasteiger partial charge in [-0.2, -0.15) is 0 Å². The van der Waals surface area contributed by atoms with Crippen LogP contribution in [0.2, 0.25) is 0 Å². The Bertz CT molecular complexity index is 694.